The number of hydrogen-bond donors (Lipinski definition) is 2. The first kappa shape index (κ1) is 25.5. The lowest BCUT2D eigenvalue weighted by Gasteiger charge is -2.36. The van der Waals surface area contributed by atoms with Crippen LogP contribution in [0.3, 0.4) is 0 Å². The van der Waals surface area contributed by atoms with Crippen molar-refractivity contribution < 1.29 is 14.3 Å². The zero-order valence-corrected chi connectivity index (χ0v) is 18.5. The van der Waals surface area contributed by atoms with Crippen LogP contribution in [0, 0.1) is 5.92 Å². The molecule has 2 amide bonds. The molecule has 0 aromatic heterocycles. The number of carbonyl (C=O) groups excluding carboxylic acids is 2. The predicted octanol–water partition coefficient (Wildman–Crippen LogP) is 1.54. The maximum absolute atomic E-state index is 12.5. The van der Waals surface area contributed by atoms with Gasteiger partial charge in [-0.05, 0) is 43.5 Å². The second-order valence-corrected chi connectivity index (χ2v) is 7.42. The quantitative estimate of drug-likeness (QED) is 0.691. The van der Waals surface area contributed by atoms with Crippen molar-refractivity contribution in [3.05, 3.63) is 29.8 Å². The number of halogens is 2. The van der Waals surface area contributed by atoms with E-state index in [4.69, 9.17) is 10.5 Å². The number of hydrogen-bond acceptors (Lipinski definition) is 5. The molecule has 29 heavy (non-hydrogen) atoms. The Labute approximate surface area is 185 Å². The number of methoxy groups -OCH3 is 1. The lowest BCUT2D eigenvalue weighted by molar-refractivity contribution is -0.137. The molecule has 1 saturated carbocycles. The third kappa shape index (κ3) is 7.03. The van der Waals surface area contributed by atoms with Gasteiger partial charge in [-0.3, -0.25) is 14.5 Å². The Morgan fingerprint density at radius 3 is 2.31 bits per heavy atom. The van der Waals surface area contributed by atoms with E-state index in [1.54, 1.807) is 31.4 Å². The first-order valence-electron chi connectivity index (χ1n) is 9.76. The molecule has 2 fully saturated rings. The summed E-state index contributed by atoms with van der Waals surface area (Å²) in [6.07, 6.45) is 2.72. The van der Waals surface area contributed by atoms with Crippen molar-refractivity contribution in [2.75, 3.05) is 46.4 Å². The average Bonchev–Trinajstić information content (AvgIpc) is 3.14. The average molecular weight is 447 g/mol. The SMILES string of the molecule is COc1ccc(C(=O)NCCN2CCN(C(=O)C3CCC(N)C3)CC2)cc1.Cl.Cl. The minimum atomic E-state index is -0.0796. The highest BCUT2D eigenvalue weighted by Crippen LogP contribution is 2.26. The van der Waals surface area contributed by atoms with Crippen LogP contribution in [0.4, 0.5) is 0 Å². The van der Waals surface area contributed by atoms with Crippen LogP contribution in [0.1, 0.15) is 29.6 Å². The minimum Gasteiger partial charge on any atom is -0.497 e. The van der Waals surface area contributed by atoms with Crippen LogP contribution in [0.5, 0.6) is 5.75 Å². The van der Waals surface area contributed by atoms with E-state index in [1.807, 2.05) is 4.90 Å². The summed E-state index contributed by atoms with van der Waals surface area (Å²) in [5.41, 5.74) is 6.56. The predicted molar refractivity (Wildman–Crippen MR) is 118 cm³/mol. The van der Waals surface area contributed by atoms with Crippen molar-refractivity contribution in [2.24, 2.45) is 11.7 Å². The van der Waals surface area contributed by atoms with Crippen molar-refractivity contribution in [1.82, 2.24) is 15.1 Å². The first-order valence-corrected chi connectivity index (χ1v) is 9.76. The number of nitrogens with one attached hydrogen (secondary N) is 1. The van der Waals surface area contributed by atoms with Gasteiger partial charge in [-0.15, -0.1) is 24.8 Å². The smallest absolute Gasteiger partial charge is 0.251 e. The molecular weight excluding hydrogens is 415 g/mol. The Morgan fingerprint density at radius 2 is 1.76 bits per heavy atom. The number of benzene rings is 1. The van der Waals surface area contributed by atoms with Gasteiger partial charge in [0, 0.05) is 56.8 Å². The molecule has 1 aliphatic carbocycles. The van der Waals surface area contributed by atoms with Gasteiger partial charge in [-0.25, -0.2) is 0 Å². The number of ether oxygens (including phenoxy) is 1. The Hall–Kier alpha value is -1.54. The van der Waals surface area contributed by atoms with Crippen LogP contribution in [0.2, 0.25) is 0 Å². The molecule has 9 heteroatoms. The Morgan fingerprint density at radius 1 is 1.10 bits per heavy atom. The summed E-state index contributed by atoms with van der Waals surface area (Å²) in [4.78, 5) is 29.0. The molecule has 2 unspecified atom stereocenters. The summed E-state index contributed by atoms with van der Waals surface area (Å²) >= 11 is 0. The fraction of sp³-hybridized carbons (Fsp3) is 0.600. The van der Waals surface area contributed by atoms with Gasteiger partial charge >= 0.3 is 0 Å². The highest BCUT2D eigenvalue weighted by atomic mass is 35.5. The molecule has 1 aromatic rings. The lowest BCUT2D eigenvalue weighted by Crippen LogP contribution is -2.51. The summed E-state index contributed by atoms with van der Waals surface area (Å²) in [6.45, 7) is 4.61. The van der Waals surface area contributed by atoms with Crippen molar-refractivity contribution >= 4 is 36.6 Å². The minimum absolute atomic E-state index is 0. The molecule has 0 radical (unpaired) electrons. The van der Waals surface area contributed by atoms with Gasteiger partial charge in [-0.2, -0.15) is 0 Å². The van der Waals surface area contributed by atoms with Gasteiger partial charge < -0.3 is 20.7 Å². The van der Waals surface area contributed by atoms with Crippen LogP contribution in [-0.4, -0.2) is 74.0 Å². The molecule has 7 nitrogen and oxygen atoms in total. The van der Waals surface area contributed by atoms with E-state index in [0.29, 0.717) is 12.1 Å². The van der Waals surface area contributed by atoms with Crippen molar-refractivity contribution in [2.45, 2.75) is 25.3 Å². The van der Waals surface area contributed by atoms with Gasteiger partial charge in [0.1, 0.15) is 5.75 Å². The van der Waals surface area contributed by atoms with E-state index in [0.717, 1.165) is 57.7 Å². The molecule has 0 bridgehead atoms. The molecule has 2 atom stereocenters. The van der Waals surface area contributed by atoms with Gasteiger partial charge in [0.25, 0.3) is 5.91 Å². The Balaban J connectivity index is 0.00000210. The lowest BCUT2D eigenvalue weighted by atomic mass is 10.1. The van der Waals surface area contributed by atoms with Crippen LogP contribution in [0.15, 0.2) is 24.3 Å². The maximum Gasteiger partial charge on any atom is 0.251 e. The summed E-state index contributed by atoms with van der Waals surface area (Å²) in [7, 11) is 1.60. The zero-order valence-electron chi connectivity index (χ0n) is 16.8. The van der Waals surface area contributed by atoms with E-state index in [-0.39, 0.29) is 48.6 Å². The van der Waals surface area contributed by atoms with E-state index in [1.165, 1.54) is 0 Å². The second-order valence-electron chi connectivity index (χ2n) is 7.42. The second kappa shape index (κ2) is 12.2. The van der Waals surface area contributed by atoms with E-state index >= 15 is 0 Å². The number of piperazine rings is 1. The van der Waals surface area contributed by atoms with Gasteiger partial charge in [-0.1, -0.05) is 0 Å². The van der Waals surface area contributed by atoms with Crippen LogP contribution >= 0.6 is 24.8 Å². The summed E-state index contributed by atoms with van der Waals surface area (Å²) in [6, 6.07) is 7.26. The van der Waals surface area contributed by atoms with E-state index in [9.17, 15) is 9.59 Å². The maximum atomic E-state index is 12.5. The highest BCUT2D eigenvalue weighted by molar-refractivity contribution is 5.94. The Bertz CT molecular complexity index is 652. The summed E-state index contributed by atoms with van der Waals surface area (Å²) in [5.74, 6) is 1.05. The van der Waals surface area contributed by atoms with Crippen LogP contribution in [-0.2, 0) is 4.79 Å². The summed E-state index contributed by atoms with van der Waals surface area (Å²) < 4.78 is 5.10. The summed E-state index contributed by atoms with van der Waals surface area (Å²) in [5, 5.41) is 2.95. The molecule has 1 aromatic carbocycles. The zero-order chi connectivity index (χ0) is 19.2. The third-order valence-corrected chi connectivity index (χ3v) is 5.57. The van der Waals surface area contributed by atoms with Gasteiger partial charge in [0.2, 0.25) is 5.91 Å². The van der Waals surface area contributed by atoms with Gasteiger partial charge in [0.05, 0.1) is 7.11 Å². The van der Waals surface area contributed by atoms with Crippen molar-refractivity contribution in [3.8, 4) is 5.75 Å². The van der Waals surface area contributed by atoms with Gasteiger partial charge in [0.15, 0.2) is 0 Å². The van der Waals surface area contributed by atoms with Crippen molar-refractivity contribution in [1.29, 1.82) is 0 Å². The third-order valence-electron chi connectivity index (χ3n) is 5.57. The molecule has 1 saturated heterocycles. The number of nitrogens with two attached hydrogens (primary N) is 1. The monoisotopic (exact) mass is 446 g/mol. The Kier molecular flexibility index (Phi) is 10.7. The standard InChI is InChI=1S/C20H30N4O3.2ClH/c1-27-18-6-3-15(4-7-18)19(25)22-8-9-23-10-12-24(13-11-23)20(26)16-2-5-17(21)14-16;;/h3-4,6-7,16-17H,2,5,8-14,21H2,1H3,(H,22,25);2*1H. The fourth-order valence-corrected chi connectivity index (χ4v) is 3.86. The molecule has 2 aliphatic rings. The highest BCUT2D eigenvalue weighted by Gasteiger charge is 2.32. The normalized spacial score (nSPS) is 21.7. The van der Waals surface area contributed by atoms with Crippen LogP contribution < -0.4 is 15.8 Å². The molecule has 0 spiro atoms. The van der Waals surface area contributed by atoms with Crippen LogP contribution in [0.25, 0.3) is 0 Å². The number of carbonyl (C=O) groups is 2. The van der Waals surface area contributed by atoms with E-state index < -0.39 is 0 Å². The molecule has 1 heterocycles. The number of nitrogens with zero attached hydrogens (tertiary/aromatic N) is 2. The number of amides is 2. The molecule has 3 N–H and O–H groups in total. The first-order chi connectivity index (χ1) is 13.1. The largest absolute Gasteiger partial charge is 0.497 e. The topological polar surface area (TPSA) is 87.9 Å². The molecule has 3 rings (SSSR count). The number of rotatable bonds is 6. The van der Waals surface area contributed by atoms with Crippen molar-refractivity contribution in [3.63, 3.8) is 0 Å². The van der Waals surface area contributed by atoms with E-state index in [2.05, 4.69) is 10.2 Å². The molecule has 164 valence electrons. The molecule has 1 aliphatic heterocycles. The fourth-order valence-electron chi connectivity index (χ4n) is 3.86. The molecular formula is C20H32Cl2N4O3.